The van der Waals surface area contributed by atoms with Gasteiger partial charge in [-0.3, -0.25) is 4.79 Å². The van der Waals surface area contributed by atoms with Crippen LogP contribution in [-0.4, -0.2) is 37.6 Å². The van der Waals surface area contributed by atoms with Crippen LogP contribution in [0.3, 0.4) is 0 Å². The second-order valence-corrected chi connectivity index (χ2v) is 4.70. The summed E-state index contributed by atoms with van der Waals surface area (Å²) in [4.78, 5) is 14.6. The van der Waals surface area contributed by atoms with Gasteiger partial charge in [-0.25, -0.2) is 9.67 Å². The first-order chi connectivity index (χ1) is 7.52. The SMILES string of the molecule is CC(C)n1ncnc1CSC[C@H](N)C(=O)O. The first kappa shape index (κ1) is 13.0. The summed E-state index contributed by atoms with van der Waals surface area (Å²) in [5.74, 6) is 0.870. The topological polar surface area (TPSA) is 94.0 Å². The Morgan fingerprint density at radius 2 is 2.38 bits per heavy atom. The zero-order chi connectivity index (χ0) is 12.1. The van der Waals surface area contributed by atoms with Crippen molar-refractivity contribution in [1.82, 2.24) is 14.8 Å². The van der Waals surface area contributed by atoms with Crippen LogP contribution in [0.2, 0.25) is 0 Å². The molecule has 0 aliphatic heterocycles. The van der Waals surface area contributed by atoms with Gasteiger partial charge < -0.3 is 10.8 Å². The van der Waals surface area contributed by atoms with Crippen molar-refractivity contribution < 1.29 is 9.90 Å². The molecule has 1 aromatic rings. The molecule has 16 heavy (non-hydrogen) atoms. The van der Waals surface area contributed by atoms with Gasteiger partial charge in [0.05, 0.1) is 5.75 Å². The average Bonchev–Trinajstić information content (AvgIpc) is 2.65. The monoisotopic (exact) mass is 244 g/mol. The highest BCUT2D eigenvalue weighted by molar-refractivity contribution is 7.98. The molecule has 0 spiro atoms. The summed E-state index contributed by atoms with van der Waals surface area (Å²) in [5.41, 5.74) is 5.39. The Morgan fingerprint density at radius 3 is 2.94 bits per heavy atom. The fourth-order valence-corrected chi connectivity index (χ4v) is 2.06. The number of nitrogens with zero attached hydrogens (tertiary/aromatic N) is 3. The number of rotatable bonds is 6. The van der Waals surface area contributed by atoms with Crippen LogP contribution in [0.15, 0.2) is 6.33 Å². The lowest BCUT2D eigenvalue weighted by Crippen LogP contribution is -2.32. The maximum Gasteiger partial charge on any atom is 0.321 e. The van der Waals surface area contributed by atoms with Crippen LogP contribution in [0.4, 0.5) is 0 Å². The number of hydrogen-bond acceptors (Lipinski definition) is 5. The largest absolute Gasteiger partial charge is 0.480 e. The smallest absolute Gasteiger partial charge is 0.321 e. The molecular weight excluding hydrogens is 228 g/mol. The average molecular weight is 244 g/mol. The lowest BCUT2D eigenvalue weighted by atomic mass is 10.4. The first-order valence-electron chi connectivity index (χ1n) is 4.97. The van der Waals surface area contributed by atoms with Crippen LogP contribution >= 0.6 is 11.8 Å². The standard InChI is InChI=1S/C9H16N4O2S/c1-6(2)13-8(11-5-12-13)4-16-3-7(10)9(14)15/h5-7H,3-4,10H2,1-2H3,(H,14,15)/t7-/m0/s1. The number of carbonyl (C=O) groups is 1. The van der Waals surface area contributed by atoms with Gasteiger partial charge in [0.2, 0.25) is 0 Å². The highest BCUT2D eigenvalue weighted by atomic mass is 32.2. The van der Waals surface area contributed by atoms with Crippen LogP contribution in [0, 0.1) is 0 Å². The van der Waals surface area contributed by atoms with Crippen LogP contribution < -0.4 is 5.73 Å². The lowest BCUT2D eigenvalue weighted by molar-refractivity contribution is -0.137. The van der Waals surface area contributed by atoms with E-state index < -0.39 is 12.0 Å². The van der Waals surface area contributed by atoms with Gasteiger partial charge in [-0.2, -0.15) is 16.9 Å². The van der Waals surface area contributed by atoms with Gasteiger partial charge in [0.25, 0.3) is 0 Å². The molecule has 6 nitrogen and oxygen atoms in total. The van der Waals surface area contributed by atoms with Crippen molar-refractivity contribution in [2.45, 2.75) is 31.7 Å². The van der Waals surface area contributed by atoms with E-state index in [0.29, 0.717) is 11.5 Å². The van der Waals surface area contributed by atoms with Gasteiger partial charge in [0.1, 0.15) is 18.2 Å². The van der Waals surface area contributed by atoms with E-state index in [1.54, 1.807) is 0 Å². The van der Waals surface area contributed by atoms with Crippen LogP contribution in [-0.2, 0) is 10.5 Å². The molecule has 1 atom stereocenters. The summed E-state index contributed by atoms with van der Waals surface area (Å²) < 4.78 is 1.82. The van der Waals surface area contributed by atoms with E-state index >= 15 is 0 Å². The van der Waals surface area contributed by atoms with E-state index in [9.17, 15) is 4.79 Å². The van der Waals surface area contributed by atoms with Gasteiger partial charge in [-0.05, 0) is 13.8 Å². The fourth-order valence-electron chi connectivity index (χ4n) is 1.16. The van der Waals surface area contributed by atoms with Gasteiger partial charge in [-0.15, -0.1) is 0 Å². The number of aliphatic carboxylic acids is 1. The third kappa shape index (κ3) is 3.49. The molecule has 0 saturated carbocycles. The Morgan fingerprint density at radius 1 is 1.69 bits per heavy atom. The molecule has 0 fully saturated rings. The second kappa shape index (κ2) is 5.86. The number of hydrogen-bond donors (Lipinski definition) is 2. The second-order valence-electron chi connectivity index (χ2n) is 3.67. The highest BCUT2D eigenvalue weighted by Crippen LogP contribution is 2.13. The molecule has 0 saturated heterocycles. The zero-order valence-corrected chi connectivity index (χ0v) is 10.1. The third-order valence-corrected chi connectivity index (χ3v) is 3.04. The minimum absolute atomic E-state index is 0.256. The van der Waals surface area contributed by atoms with E-state index in [1.165, 1.54) is 18.1 Å². The molecule has 7 heteroatoms. The molecule has 0 aromatic carbocycles. The normalized spacial score (nSPS) is 13.0. The molecular formula is C9H16N4O2S. The van der Waals surface area contributed by atoms with E-state index in [4.69, 9.17) is 10.8 Å². The molecule has 0 aliphatic carbocycles. The summed E-state index contributed by atoms with van der Waals surface area (Å²) in [6.45, 7) is 4.04. The number of thioether (sulfide) groups is 1. The van der Waals surface area contributed by atoms with E-state index in [-0.39, 0.29) is 6.04 Å². The minimum Gasteiger partial charge on any atom is -0.480 e. The Balaban J connectivity index is 2.43. The Kier molecular flexibility index (Phi) is 4.75. The van der Waals surface area contributed by atoms with Crippen molar-refractivity contribution in [3.05, 3.63) is 12.2 Å². The minimum atomic E-state index is -0.974. The van der Waals surface area contributed by atoms with Gasteiger partial charge >= 0.3 is 5.97 Å². The van der Waals surface area contributed by atoms with Crippen LogP contribution in [0.5, 0.6) is 0 Å². The predicted octanol–water partition coefficient (Wildman–Crippen LogP) is 0.504. The number of carboxylic acids is 1. The van der Waals surface area contributed by atoms with E-state index in [2.05, 4.69) is 10.1 Å². The van der Waals surface area contributed by atoms with Crippen LogP contribution in [0.1, 0.15) is 25.7 Å². The van der Waals surface area contributed by atoms with Crippen molar-refractivity contribution in [3.63, 3.8) is 0 Å². The Bertz CT molecular complexity index is 353. The molecule has 0 amide bonds. The van der Waals surface area contributed by atoms with Crippen molar-refractivity contribution in [1.29, 1.82) is 0 Å². The first-order valence-corrected chi connectivity index (χ1v) is 6.12. The Labute approximate surface area is 98.2 Å². The number of carboxylic acid groups (broad SMARTS) is 1. The molecule has 0 bridgehead atoms. The number of nitrogens with two attached hydrogens (primary N) is 1. The third-order valence-electron chi connectivity index (χ3n) is 1.98. The summed E-state index contributed by atoms with van der Waals surface area (Å²) >= 11 is 1.45. The van der Waals surface area contributed by atoms with Gasteiger partial charge in [0.15, 0.2) is 0 Å². The molecule has 0 unspecified atom stereocenters. The van der Waals surface area contributed by atoms with Gasteiger partial charge in [0, 0.05) is 11.8 Å². The Hall–Kier alpha value is -1.08. The maximum absolute atomic E-state index is 10.5. The summed E-state index contributed by atoms with van der Waals surface area (Å²) in [6, 6.07) is -0.563. The molecule has 1 aromatic heterocycles. The van der Waals surface area contributed by atoms with Crippen LogP contribution in [0.25, 0.3) is 0 Å². The zero-order valence-electron chi connectivity index (χ0n) is 9.33. The molecule has 0 aliphatic rings. The summed E-state index contributed by atoms with van der Waals surface area (Å²) in [6.07, 6.45) is 1.51. The summed E-state index contributed by atoms with van der Waals surface area (Å²) in [7, 11) is 0. The van der Waals surface area contributed by atoms with E-state index in [0.717, 1.165) is 5.82 Å². The number of aromatic nitrogens is 3. The van der Waals surface area contributed by atoms with E-state index in [1.807, 2.05) is 18.5 Å². The van der Waals surface area contributed by atoms with Crippen molar-refractivity contribution in [3.8, 4) is 0 Å². The molecule has 1 rings (SSSR count). The molecule has 3 N–H and O–H groups in total. The summed E-state index contributed by atoms with van der Waals surface area (Å²) in [5, 5.41) is 12.7. The quantitative estimate of drug-likeness (QED) is 0.757. The molecule has 0 radical (unpaired) electrons. The van der Waals surface area contributed by atoms with Gasteiger partial charge in [-0.1, -0.05) is 0 Å². The predicted molar refractivity (Wildman–Crippen MR) is 62.2 cm³/mol. The lowest BCUT2D eigenvalue weighted by Gasteiger charge is -2.09. The highest BCUT2D eigenvalue weighted by Gasteiger charge is 2.13. The van der Waals surface area contributed by atoms with Crippen molar-refractivity contribution >= 4 is 17.7 Å². The molecule has 90 valence electrons. The van der Waals surface area contributed by atoms with Crippen molar-refractivity contribution in [2.75, 3.05) is 5.75 Å². The maximum atomic E-state index is 10.5. The van der Waals surface area contributed by atoms with Crippen molar-refractivity contribution in [2.24, 2.45) is 5.73 Å². The molecule has 1 heterocycles. The fraction of sp³-hybridized carbons (Fsp3) is 0.667.